The number of hydrogen-bond acceptors (Lipinski definition) is 2. The van der Waals surface area contributed by atoms with E-state index in [0.717, 1.165) is 16.7 Å². The summed E-state index contributed by atoms with van der Waals surface area (Å²) < 4.78 is 0. The van der Waals surface area contributed by atoms with E-state index in [1.807, 2.05) is 25.1 Å². The first-order valence-electron chi connectivity index (χ1n) is 4.94. The highest BCUT2D eigenvalue weighted by atomic mass is 16.1. The molecule has 0 spiro atoms. The van der Waals surface area contributed by atoms with Crippen molar-refractivity contribution in [1.29, 1.82) is 0 Å². The van der Waals surface area contributed by atoms with Crippen LogP contribution in [0.2, 0.25) is 0 Å². The van der Waals surface area contributed by atoms with E-state index in [1.54, 1.807) is 0 Å². The topological polar surface area (TPSA) is 34.1 Å². The largest absolute Gasteiger partial charge is 0.295 e. The standard InChI is InChI=1S/C13H12O2/c1-8-4-3-5-11-12(8)6-10(9(2)14)7-13(11)15/h3-5,7H,6H2,1-2H3. The fourth-order valence-electron chi connectivity index (χ4n) is 1.87. The van der Waals surface area contributed by atoms with Crippen LogP contribution in [0.5, 0.6) is 0 Å². The number of carbonyl (C=O) groups excluding carboxylic acids is 2. The van der Waals surface area contributed by atoms with Crippen LogP contribution in [0, 0.1) is 6.92 Å². The monoisotopic (exact) mass is 200 g/mol. The molecule has 0 aliphatic heterocycles. The van der Waals surface area contributed by atoms with Gasteiger partial charge in [-0.2, -0.15) is 0 Å². The van der Waals surface area contributed by atoms with Gasteiger partial charge in [0.1, 0.15) is 0 Å². The molecule has 0 unspecified atom stereocenters. The lowest BCUT2D eigenvalue weighted by Gasteiger charge is -2.16. The molecule has 0 atom stereocenters. The molecule has 0 heterocycles. The molecule has 1 aliphatic rings. The molecule has 0 aromatic heterocycles. The first-order valence-corrected chi connectivity index (χ1v) is 4.94. The first kappa shape index (κ1) is 9.84. The predicted octanol–water partition coefficient (Wildman–Crippen LogP) is 2.25. The third kappa shape index (κ3) is 1.63. The summed E-state index contributed by atoms with van der Waals surface area (Å²) >= 11 is 0. The second-order valence-electron chi connectivity index (χ2n) is 3.87. The highest BCUT2D eigenvalue weighted by molar-refractivity contribution is 6.12. The summed E-state index contributed by atoms with van der Waals surface area (Å²) in [6.07, 6.45) is 2.05. The second kappa shape index (κ2) is 3.46. The van der Waals surface area contributed by atoms with Gasteiger partial charge in [0.2, 0.25) is 0 Å². The second-order valence-corrected chi connectivity index (χ2v) is 3.87. The molecule has 0 amide bonds. The average Bonchev–Trinajstić information content (AvgIpc) is 2.19. The van der Waals surface area contributed by atoms with Crippen LogP contribution in [0.25, 0.3) is 0 Å². The van der Waals surface area contributed by atoms with Gasteiger partial charge < -0.3 is 0 Å². The maximum atomic E-state index is 11.7. The Bertz CT molecular complexity index is 481. The van der Waals surface area contributed by atoms with E-state index in [1.165, 1.54) is 13.0 Å². The summed E-state index contributed by atoms with van der Waals surface area (Å²) in [6, 6.07) is 5.66. The van der Waals surface area contributed by atoms with Gasteiger partial charge in [-0.25, -0.2) is 0 Å². The van der Waals surface area contributed by atoms with Crippen molar-refractivity contribution in [2.45, 2.75) is 20.3 Å². The van der Waals surface area contributed by atoms with Gasteiger partial charge in [-0.15, -0.1) is 0 Å². The van der Waals surface area contributed by atoms with Gasteiger partial charge in [-0.05, 0) is 31.1 Å². The molecule has 2 nitrogen and oxygen atoms in total. The summed E-state index contributed by atoms with van der Waals surface area (Å²) in [7, 11) is 0. The lowest BCUT2D eigenvalue weighted by Crippen LogP contribution is -2.14. The van der Waals surface area contributed by atoms with E-state index in [4.69, 9.17) is 0 Å². The SMILES string of the molecule is CC(=O)C1=CC(=O)c2cccc(C)c2C1. The average molecular weight is 200 g/mol. The fraction of sp³-hybridized carbons (Fsp3) is 0.231. The summed E-state index contributed by atoms with van der Waals surface area (Å²) in [5.74, 6) is -0.0672. The third-order valence-corrected chi connectivity index (χ3v) is 2.80. The van der Waals surface area contributed by atoms with Crippen LogP contribution >= 0.6 is 0 Å². The molecule has 0 saturated carbocycles. The minimum absolute atomic E-state index is 0.0164. The van der Waals surface area contributed by atoms with Crippen LogP contribution in [0.4, 0.5) is 0 Å². The van der Waals surface area contributed by atoms with Crippen molar-refractivity contribution >= 4 is 11.6 Å². The predicted molar refractivity (Wildman–Crippen MR) is 58.0 cm³/mol. The molecular weight excluding hydrogens is 188 g/mol. The maximum absolute atomic E-state index is 11.7. The molecule has 0 N–H and O–H groups in total. The van der Waals surface area contributed by atoms with Crippen molar-refractivity contribution in [3.05, 3.63) is 46.5 Å². The Morgan fingerprint density at radius 1 is 1.33 bits per heavy atom. The van der Waals surface area contributed by atoms with Crippen LogP contribution < -0.4 is 0 Å². The number of aryl methyl sites for hydroxylation is 1. The molecule has 76 valence electrons. The molecule has 1 aromatic carbocycles. The van der Waals surface area contributed by atoms with Crippen LogP contribution in [0.15, 0.2) is 29.8 Å². The minimum atomic E-state index is -0.0508. The Hall–Kier alpha value is -1.70. The summed E-state index contributed by atoms with van der Waals surface area (Å²) in [5, 5.41) is 0. The Morgan fingerprint density at radius 2 is 2.07 bits per heavy atom. The van der Waals surface area contributed by atoms with Crippen molar-refractivity contribution in [2.75, 3.05) is 0 Å². The van der Waals surface area contributed by atoms with E-state index >= 15 is 0 Å². The Labute approximate surface area is 88.6 Å². The number of hydrogen-bond donors (Lipinski definition) is 0. The van der Waals surface area contributed by atoms with Gasteiger partial charge in [-0.1, -0.05) is 18.2 Å². The van der Waals surface area contributed by atoms with Crippen molar-refractivity contribution in [2.24, 2.45) is 0 Å². The lowest BCUT2D eigenvalue weighted by molar-refractivity contribution is -0.113. The zero-order chi connectivity index (χ0) is 11.0. The Balaban J connectivity index is 2.55. The number of rotatable bonds is 1. The summed E-state index contributed by atoms with van der Waals surface area (Å²) in [5.41, 5.74) is 3.42. The molecule has 0 fully saturated rings. The summed E-state index contributed by atoms with van der Waals surface area (Å²) in [4.78, 5) is 23.0. The van der Waals surface area contributed by atoms with Crippen molar-refractivity contribution in [1.82, 2.24) is 0 Å². The number of fused-ring (bicyclic) bond motifs is 1. The van der Waals surface area contributed by atoms with E-state index in [-0.39, 0.29) is 11.6 Å². The number of allylic oxidation sites excluding steroid dienone is 2. The molecule has 1 aliphatic carbocycles. The van der Waals surface area contributed by atoms with Gasteiger partial charge in [0.05, 0.1) is 0 Å². The molecule has 15 heavy (non-hydrogen) atoms. The first-order chi connectivity index (χ1) is 7.09. The van der Waals surface area contributed by atoms with E-state index < -0.39 is 0 Å². The molecule has 0 bridgehead atoms. The molecule has 0 radical (unpaired) electrons. The number of ketones is 2. The highest BCUT2D eigenvalue weighted by Gasteiger charge is 2.20. The fourth-order valence-corrected chi connectivity index (χ4v) is 1.87. The third-order valence-electron chi connectivity index (χ3n) is 2.80. The van der Waals surface area contributed by atoms with Gasteiger partial charge >= 0.3 is 0 Å². The number of carbonyl (C=O) groups is 2. The van der Waals surface area contributed by atoms with Gasteiger partial charge in [0.25, 0.3) is 0 Å². The smallest absolute Gasteiger partial charge is 0.186 e. The van der Waals surface area contributed by atoms with Crippen molar-refractivity contribution < 1.29 is 9.59 Å². The van der Waals surface area contributed by atoms with Gasteiger partial charge in [-0.3, -0.25) is 9.59 Å². The Morgan fingerprint density at radius 3 is 2.73 bits per heavy atom. The van der Waals surface area contributed by atoms with Crippen molar-refractivity contribution in [3.8, 4) is 0 Å². The van der Waals surface area contributed by atoms with E-state index in [2.05, 4.69) is 0 Å². The molecule has 0 saturated heterocycles. The minimum Gasteiger partial charge on any atom is -0.295 e. The van der Waals surface area contributed by atoms with Crippen LogP contribution in [-0.4, -0.2) is 11.6 Å². The quantitative estimate of drug-likeness (QED) is 0.696. The lowest BCUT2D eigenvalue weighted by atomic mass is 9.86. The highest BCUT2D eigenvalue weighted by Crippen LogP contribution is 2.24. The van der Waals surface area contributed by atoms with E-state index in [0.29, 0.717) is 12.0 Å². The number of Topliss-reactive ketones (excluding diaryl/α,β-unsaturated/α-hetero) is 1. The van der Waals surface area contributed by atoms with Crippen molar-refractivity contribution in [3.63, 3.8) is 0 Å². The van der Waals surface area contributed by atoms with Crippen LogP contribution in [0.1, 0.15) is 28.4 Å². The summed E-state index contributed by atoms with van der Waals surface area (Å²) in [6.45, 7) is 3.47. The zero-order valence-corrected chi connectivity index (χ0v) is 8.83. The zero-order valence-electron chi connectivity index (χ0n) is 8.83. The van der Waals surface area contributed by atoms with Gasteiger partial charge in [0.15, 0.2) is 11.6 Å². The van der Waals surface area contributed by atoms with Crippen LogP contribution in [-0.2, 0) is 11.2 Å². The number of benzene rings is 1. The van der Waals surface area contributed by atoms with E-state index in [9.17, 15) is 9.59 Å². The molecule has 2 heteroatoms. The van der Waals surface area contributed by atoms with Crippen LogP contribution in [0.3, 0.4) is 0 Å². The Kier molecular flexibility index (Phi) is 2.27. The maximum Gasteiger partial charge on any atom is 0.186 e. The van der Waals surface area contributed by atoms with Gasteiger partial charge in [0, 0.05) is 17.6 Å². The molecule has 2 rings (SSSR count). The molecular formula is C13H12O2. The normalized spacial score (nSPS) is 14.5. The molecule has 1 aromatic rings.